The number of phenolic OH excluding ortho intramolecular Hbond substituents is 2. The number of hydrogen-bond acceptors (Lipinski definition) is 15. The van der Waals surface area contributed by atoms with Gasteiger partial charge in [0.1, 0.15) is 48.0 Å². The molecular weight excluding hydrogens is 1220 g/mol. The molecule has 3 amide bonds. The summed E-state index contributed by atoms with van der Waals surface area (Å²) in [5.74, 6) is 3.75. The van der Waals surface area contributed by atoms with Crippen molar-refractivity contribution in [3.63, 3.8) is 0 Å². The SMILES string of the molecule is COCOc1cc(-c2ncc3c(N4CC5CCC(C4)N5C(=O)OC(C)(C)C)nc(OCC4(CN5CCC(C(=O)N6CCN(Cc7ccc8c(c7)CN(C(=O)c7cc(C(C)C)c(O)cc7O)C8)CC6)CC5)CC4)nc3c2F)c2c(C#C[Si](C(C)C)(C(C)C)C(C)C)cccc2c1. The highest BCUT2D eigenvalue weighted by Crippen LogP contribution is 2.48. The molecule has 1 saturated carbocycles. The lowest BCUT2D eigenvalue weighted by Crippen LogP contribution is -2.57. The van der Waals surface area contributed by atoms with E-state index < -0.39 is 19.5 Å². The summed E-state index contributed by atoms with van der Waals surface area (Å²) in [7, 11) is -0.616. The maximum atomic E-state index is 18.3. The summed E-state index contributed by atoms with van der Waals surface area (Å²) in [5, 5.41) is 23.0. The number of fused-ring (bicyclic) bond motifs is 5. The van der Waals surface area contributed by atoms with Gasteiger partial charge in [-0.1, -0.05) is 91.6 Å². The van der Waals surface area contributed by atoms with Crippen LogP contribution in [-0.4, -0.2) is 173 Å². The molecule has 5 fully saturated rings. The van der Waals surface area contributed by atoms with Gasteiger partial charge in [0.25, 0.3) is 5.91 Å². The highest BCUT2D eigenvalue weighted by Gasteiger charge is 2.48. The molecule has 1 aliphatic carbocycles. The molecular formula is C75H96FN9O9Si. The zero-order valence-electron chi connectivity index (χ0n) is 57.7. The topological polar surface area (TPSA) is 187 Å². The van der Waals surface area contributed by atoms with Crippen LogP contribution in [0.4, 0.5) is 15.0 Å². The number of hydrogen-bond donors (Lipinski definition) is 2. The average molecular weight is 1310 g/mol. The molecule has 4 aromatic carbocycles. The number of amides is 3. The largest absolute Gasteiger partial charge is 0.508 e. The summed E-state index contributed by atoms with van der Waals surface area (Å²) in [4.78, 5) is 69.2. The number of rotatable bonds is 18. The van der Waals surface area contributed by atoms with Gasteiger partial charge in [-0.3, -0.25) is 24.4 Å². The molecule has 2 aromatic heterocycles. The van der Waals surface area contributed by atoms with Gasteiger partial charge in [0.15, 0.2) is 12.6 Å². The molecule has 12 rings (SSSR count). The van der Waals surface area contributed by atoms with Crippen LogP contribution in [0.25, 0.3) is 32.9 Å². The maximum absolute atomic E-state index is 18.3. The molecule has 2 N–H and O–H groups in total. The summed E-state index contributed by atoms with van der Waals surface area (Å²) in [5.41, 5.74) is 9.97. The molecule has 18 nitrogen and oxygen atoms in total. The van der Waals surface area contributed by atoms with E-state index in [-0.39, 0.29) is 88.3 Å². The number of nitrogens with zero attached hydrogens (tertiary/aromatic N) is 9. The van der Waals surface area contributed by atoms with Gasteiger partial charge < -0.3 is 48.8 Å². The second kappa shape index (κ2) is 27.1. The van der Waals surface area contributed by atoms with Crippen molar-refractivity contribution in [3.05, 3.63) is 106 Å². The molecule has 7 heterocycles. The van der Waals surface area contributed by atoms with E-state index in [2.05, 4.69) is 90.8 Å². The number of aromatic nitrogens is 3. The van der Waals surface area contributed by atoms with E-state index in [9.17, 15) is 24.6 Å². The van der Waals surface area contributed by atoms with Crippen molar-refractivity contribution < 1.29 is 47.9 Å². The number of carbonyl (C=O) groups is 3. The minimum atomic E-state index is -2.18. The maximum Gasteiger partial charge on any atom is 0.410 e. The lowest BCUT2D eigenvalue weighted by Gasteiger charge is -2.42. The second-order valence-corrected chi connectivity index (χ2v) is 35.6. The monoisotopic (exact) mass is 1310 g/mol. The Kier molecular flexibility index (Phi) is 19.3. The van der Waals surface area contributed by atoms with E-state index in [1.54, 1.807) is 24.3 Å². The highest BCUT2D eigenvalue weighted by atomic mass is 28.3. The molecule has 0 spiro atoms. The molecule has 0 radical (unpaired) electrons. The van der Waals surface area contributed by atoms with Crippen LogP contribution in [0, 0.1) is 28.6 Å². The summed E-state index contributed by atoms with van der Waals surface area (Å²) >= 11 is 0. The van der Waals surface area contributed by atoms with Crippen molar-refractivity contribution in [1.82, 2.24) is 39.5 Å². The molecule has 5 aliphatic heterocycles. The number of phenols is 2. The lowest BCUT2D eigenvalue weighted by atomic mass is 9.94. The van der Waals surface area contributed by atoms with Gasteiger partial charge in [-0.25, -0.2) is 9.18 Å². The van der Waals surface area contributed by atoms with E-state index >= 15 is 4.39 Å². The number of anilines is 1. The van der Waals surface area contributed by atoms with Crippen LogP contribution in [0.1, 0.15) is 159 Å². The van der Waals surface area contributed by atoms with Crippen LogP contribution in [0.15, 0.2) is 66.9 Å². The smallest absolute Gasteiger partial charge is 0.410 e. The Morgan fingerprint density at radius 2 is 1.47 bits per heavy atom. The lowest BCUT2D eigenvalue weighted by molar-refractivity contribution is -0.139. The number of carbonyl (C=O) groups excluding carboxylic acids is 3. The Hall–Kier alpha value is -7.57. The summed E-state index contributed by atoms with van der Waals surface area (Å²) in [6.07, 6.45) is 6.43. The van der Waals surface area contributed by atoms with E-state index in [0.717, 1.165) is 111 Å². The van der Waals surface area contributed by atoms with Crippen molar-refractivity contribution in [2.45, 2.75) is 175 Å². The molecule has 6 aromatic rings. The summed E-state index contributed by atoms with van der Waals surface area (Å²) in [6.45, 7) is 31.5. The Bertz CT molecular complexity index is 3920. The zero-order chi connectivity index (χ0) is 67.4. The molecule has 2 unspecified atom stereocenters. The molecule has 6 aliphatic rings. The number of benzene rings is 4. The third-order valence-corrected chi connectivity index (χ3v) is 27.5. The number of aromatic hydroxyl groups is 2. The predicted octanol–water partition coefficient (Wildman–Crippen LogP) is 13.0. The first-order chi connectivity index (χ1) is 45.3. The van der Waals surface area contributed by atoms with Gasteiger partial charge in [-0.05, 0) is 147 Å². The predicted molar refractivity (Wildman–Crippen MR) is 370 cm³/mol. The number of halogens is 1. The molecule has 20 heteroatoms. The number of piperazine rings is 2. The molecule has 4 saturated heterocycles. The Balaban J connectivity index is 0.732. The first-order valence-corrected chi connectivity index (χ1v) is 36.7. The highest BCUT2D eigenvalue weighted by molar-refractivity contribution is 6.90. The minimum absolute atomic E-state index is 0.00450. The van der Waals surface area contributed by atoms with Gasteiger partial charge in [0.05, 0.1) is 29.6 Å². The summed E-state index contributed by atoms with van der Waals surface area (Å²) < 4.78 is 42.4. The van der Waals surface area contributed by atoms with Gasteiger partial charge >= 0.3 is 12.1 Å². The third-order valence-electron chi connectivity index (χ3n) is 21.2. The molecule has 2 bridgehead atoms. The van der Waals surface area contributed by atoms with Crippen LogP contribution in [0.3, 0.4) is 0 Å². The zero-order valence-corrected chi connectivity index (χ0v) is 58.7. The third kappa shape index (κ3) is 13.9. The minimum Gasteiger partial charge on any atom is -0.508 e. The van der Waals surface area contributed by atoms with Gasteiger partial charge in [0, 0.05) is 113 Å². The van der Waals surface area contributed by atoms with Gasteiger partial charge in [-0.2, -0.15) is 9.97 Å². The van der Waals surface area contributed by atoms with Crippen molar-refractivity contribution in [2.24, 2.45) is 11.3 Å². The average Bonchev–Trinajstić information content (AvgIpc) is 1.54. The number of piperidine rings is 1. The number of likely N-dealkylation sites (tertiary alicyclic amines) is 1. The van der Waals surface area contributed by atoms with Crippen LogP contribution in [0.2, 0.25) is 16.6 Å². The first kappa shape index (κ1) is 67.4. The van der Waals surface area contributed by atoms with Crippen LogP contribution in [-0.2, 0) is 33.9 Å². The Labute approximate surface area is 560 Å². The normalized spacial score (nSPS) is 19.3. The van der Waals surface area contributed by atoms with Crippen molar-refractivity contribution in [2.75, 3.05) is 84.3 Å². The quantitative estimate of drug-likeness (QED) is 0.0470. The van der Waals surface area contributed by atoms with Crippen LogP contribution in [0.5, 0.6) is 23.3 Å². The van der Waals surface area contributed by atoms with Crippen molar-refractivity contribution in [3.8, 4) is 46.0 Å². The van der Waals surface area contributed by atoms with E-state index in [1.165, 1.54) is 6.07 Å². The second-order valence-electron chi connectivity index (χ2n) is 30.1. The van der Waals surface area contributed by atoms with Gasteiger partial charge in [-0.15, -0.1) is 5.54 Å². The van der Waals surface area contributed by atoms with E-state index in [4.69, 9.17) is 33.9 Å². The van der Waals surface area contributed by atoms with Crippen LogP contribution >= 0.6 is 0 Å². The number of pyridine rings is 1. The van der Waals surface area contributed by atoms with E-state index in [1.807, 2.05) is 69.9 Å². The first-order valence-electron chi connectivity index (χ1n) is 34.5. The number of ether oxygens (including phenoxy) is 4. The Morgan fingerprint density at radius 1 is 0.779 bits per heavy atom. The van der Waals surface area contributed by atoms with E-state index in [0.29, 0.717) is 90.6 Å². The molecule has 95 heavy (non-hydrogen) atoms. The molecule has 2 atom stereocenters. The number of methoxy groups -OCH3 is 1. The van der Waals surface area contributed by atoms with Gasteiger partial charge in [0.2, 0.25) is 5.91 Å². The standard InChI is InChI=1S/C75H96FN9O9Si/c1-46(2)59-35-60(64(87)36-63(59)86)71(89)84-39-54-17-16-50(32-55(54)40-84)38-80-27-29-82(30-28-80)70(88)52-20-25-81(26-21-52)43-75(23-24-75)44-92-72-78-68-62(69(79-72)83-41-56-18-19-57(42-83)85(56)73(90)94-74(9,10)11)37-77-67(66(68)76)61-34-58(93-45-91-12)33-53-15-13-14-51(65(53)61)22-31-95(47(3)4,48(5)6)49(7)8/h13-17,32-37,46-49,52,56-57,86-87H,18-21,23-30,38-45H2,1-12H3. The van der Waals surface area contributed by atoms with Crippen molar-refractivity contribution in [1.29, 1.82) is 0 Å². The fourth-order valence-electron chi connectivity index (χ4n) is 16.0. The summed E-state index contributed by atoms with van der Waals surface area (Å²) in [6, 6.07) is 18.8. The fourth-order valence-corrected chi connectivity index (χ4v) is 21.2. The molecule has 506 valence electrons. The van der Waals surface area contributed by atoms with Crippen molar-refractivity contribution >= 4 is 53.5 Å². The Morgan fingerprint density at radius 3 is 2.13 bits per heavy atom. The fraction of sp³-hybridized carbons (Fsp3) is 0.547. The van der Waals surface area contributed by atoms with Crippen LogP contribution < -0.4 is 14.4 Å².